The first-order valence-corrected chi connectivity index (χ1v) is 4.28. The van der Waals surface area contributed by atoms with Gasteiger partial charge in [-0.3, -0.25) is 0 Å². The van der Waals surface area contributed by atoms with E-state index >= 15 is 0 Å². The van der Waals surface area contributed by atoms with Crippen LogP contribution in [0.5, 0.6) is 5.75 Å². The van der Waals surface area contributed by atoms with Crippen molar-refractivity contribution in [2.24, 2.45) is 3.21 Å². The number of hydrogen-bond acceptors (Lipinski definition) is 2. The van der Waals surface area contributed by atoms with Crippen molar-refractivity contribution in [3.05, 3.63) is 29.8 Å². The minimum atomic E-state index is 0.613. The van der Waals surface area contributed by atoms with Crippen LogP contribution >= 0.6 is 22.9 Å². The van der Waals surface area contributed by atoms with Gasteiger partial charge in [-0.1, -0.05) is 12.1 Å². The molecule has 0 atom stereocenters. The van der Waals surface area contributed by atoms with Crippen molar-refractivity contribution in [2.75, 3.05) is 6.61 Å². The lowest BCUT2D eigenvalue weighted by atomic mass is 10.1. The molecule has 0 radical (unpaired) electrons. The molecule has 1 heterocycles. The quantitative estimate of drug-likeness (QED) is 0.654. The highest BCUT2D eigenvalue weighted by Gasteiger charge is 2.17. The number of ether oxygens (including phenoxy) is 1. The molecule has 0 amide bonds. The van der Waals surface area contributed by atoms with E-state index in [1.807, 2.05) is 47.1 Å². The third-order valence-electron chi connectivity index (χ3n) is 1.66. The number of nitrogens with zero attached hydrogens (tertiary/aromatic N) is 1. The van der Waals surface area contributed by atoms with Gasteiger partial charge in [-0.2, -0.15) is 0 Å². The monoisotopic (exact) mass is 259 g/mol. The lowest BCUT2D eigenvalue weighted by molar-refractivity contribution is 0.393. The number of halogens is 1. The van der Waals surface area contributed by atoms with Crippen LogP contribution in [0.3, 0.4) is 0 Å². The Balaban J connectivity index is 2.55. The molecule has 2 rings (SSSR count). The van der Waals surface area contributed by atoms with Gasteiger partial charge in [-0.15, -0.1) is 0 Å². The van der Waals surface area contributed by atoms with Crippen LogP contribution in [0.25, 0.3) is 0 Å². The summed E-state index contributed by atoms with van der Waals surface area (Å²) in [5.74, 6) is 0.947. The molecule has 0 aromatic heterocycles. The number of para-hydroxylation sites is 1. The van der Waals surface area contributed by atoms with Gasteiger partial charge in [0.05, 0.1) is 28.6 Å². The van der Waals surface area contributed by atoms with Gasteiger partial charge in [-0.05, 0) is 12.1 Å². The van der Waals surface area contributed by atoms with Gasteiger partial charge in [-0.25, -0.2) is 3.21 Å². The Bertz CT molecular complexity index is 309. The summed E-state index contributed by atoms with van der Waals surface area (Å²) in [6, 6.07) is 7.95. The van der Waals surface area contributed by atoms with Crippen molar-refractivity contribution >= 4 is 28.6 Å². The van der Waals surface area contributed by atoms with Gasteiger partial charge >= 0.3 is 0 Å². The number of rotatable bonds is 0. The maximum atomic E-state index is 5.37. The van der Waals surface area contributed by atoms with Gasteiger partial charge in [0.25, 0.3) is 0 Å². The standard InChI is InChI=1S/C8H6INO/c9-10-7-5-11-8-4-2-1-3-6(7)8/h1-4H,5H2/b10-7+. The fraction of sp³-hybridized carbons (Fsp3) is 0.125. The predicted molar refractivity (Wildman–Crippen MR) is 52.5 cm³/mol. The van der Waals surface area contributed by atoms with Crippen molar-refractivity contribution in [3.8, 4) is 5.75 Å². The maximum Gasteiger partial charge on any atom is 0.131 e. The summed E-state index contributed by atoms with van der Waals surface area (Å²) >= 11 is 1.99. The Kier molecular flexibility index (Phi) is 1.81. The summed E-state index contributed by atoms with van der Waals surface area (Å²) < 4.78 is 9.46. The topological polar surface area (TPSA) is 21.6 Å². The molecule has 0 aliphatic carbocycles. The van der Waals surface area contributed by atoms with Crippen LogP contribution < -0.4 is 4.74 Å². The summed E-state index contributed by atoms with van der Waals surface area (Å²) in [6.45, 7) is 0.613. The van der Waals surface area contributed by atoms with Crippen LogP contribution in [0.4, 0.5) is 0 Å². The zero-order chi connectivity index (χ0) is 7.68. The smallest absolute Gasteiger partial charge is 0.131 e. The van der Waals surface area contributed by atoms with Crippen LogP contribution in [0.1, 0.15) is 5.56 Å². The van der Waals surface area contributed by atoms with Crippen LogP contribution in [-0.4, -0.2) is 12.3 Å². The minimum absolute atomic E-state index is 0.613. The fourth-order valence-corrected chi connectivity index (χ4v) is 1.52. The molecule has 56 valence electrons. The zero-order valence-corrected chi connectivity index (χ0v) is 7.91. The molecule has 1 aromatic carbocycles. The molecular weight excluding hydrogens is 253 g/mol. The summed E-state index contributed by atoms with van der Waals surface area (Å²) in [7, 11) is 0. The minimum Gasteiger partial charge on any atom is -0.487 e. The Morgan fingerprint density at radius 1 is 1.36 bits per heavy atom. The summed E-state index contributed by atoms with van der Waals surface area (Å²) in [4.78, 5) is 0. The lowest BCUT2D eigenvalue weighted by Gasteiger charge is -1.93. The Labute approximate surface area is 78.8 Å². The number of benzene rings is 1. The van der Waals surface area contributed by atoms with E-state index in [0.717, 1.165) is 17.0 Å². The van der Waals surface area contributed by atoms with Gasteiger partial charge in [0, 0.05) is 5.56 Å². The van der Waals surface area contributed by atoms with Crippen molar-refractivity contribution in [1.82, 2.24) is 0 Å². The van der Waals surface area contributed by atoms with Crippen LogP contribution in [0, 0.1) is 0 Å². The zero-order valence-electron chi connectivity index (χ0n) is 5.75. The molecule has 11 heavy (non-hydrogen) atoms. The largest absolute Gasteiger partial charge is 0.487 e. The maximum absolute atomic E-state index is 5.37. The molecular formula is C8H6INO. The third kappa shape index (κ3) is 1.13. The predicted octanol–water partition coefficient (Wildman–Crippen LogP) is 2.22. The normalized spacial score (nSPS) is 18.1. The highest BCUT2D eigenvalue weighted by Crippen LogP contribution is 2.25. The molecule has 1 aliphatic rings. The highest BCUT2D eigenvalue weighted by molar-refractivity contribution is 14.1. The molecule has 0 fully saturated rings. The molecule has 0 saturated heterocycles. The first-order chi connectivity index (χ1) is 5.42. The van der Waals surface area contributed by atoms with E-state index < -0.39 is 0 Å². The second-order valence-corrected chi connectivity index (χ2v) is 2.80. The van der Waals surface area contributed by atoms with E-state index in [9.17, 15) is 0 Å². The fourth-order valence-electron chi connectivity index (χ4n) is 1.12. The summed E-state index contributed by atoms with van der Waals surface area (Å²) in [5.41, 5.74) is 2.16. The molecule has 0 N–H and O–H groups in total. The van der Waals surface area contributed by atoms with E-state index in [1.165, 1.54) is 0 Å². The van der Waals surface area contributed by atoms with Crippen LogP contribution in [0.2, 0.25) is 0 Å². The first kappa shape index (κ1) is 7.09. The second-order valence-electron chi connectivity index (χ2n) is 2.32. The van der Waals surface area contributed by atoms with Gasteiger partial charge < -0.3 is 4.74 Å². The molecule has 0 saturated carbocycles. The number of fused-ring (bicyclic) bond motifs is 1. The van der Waals surface area contributed by atoms with Crippen molar-refractivity contribution in [2.45, 2.75) is 0 Å². The SMILES string of the molecule is I/N=C1\COc2ccccc21. The summed E-state index contributed by atoms with van der Waals surface area (Å²) in [6.07, 6.45) is 0. The van der Waals surface area contributed by atoms with Crippen LogP contribution in [-0.2, 0) is 0 Å². The average molecular weight is 259 g/mol. The molecule has 0 bridgehead atoms. The van der Waals surface area contributed by atoms with E-state index in [-0.39, 0.29) is 0 Å². The van der Waals surface area contributed by atoms with E-state index in [1.54, 1.807) is 0 Å². The molecule has 0 spiro atoms. The van der Waals surface area contributed by atoms with Gasteiger partial charge in [0.2, 0.25) is 0 Å². The second kappa shape index (κ2) is 2.81. The molecule has 0 unspecified atom stereocenters. The molecule has 1 aliphatic heterocycles. The first-order valence-electron chi connectivity index (χ1n) is 3.32. The van der Waals surface area contributed by atoms with E-state index in [4.69, 9.17) is 4.74 Å². The van der Waals surface area contributed by atoms with Gasteiger partial charge in [0.1, 0.15) is 12.4 Å². The highest BCUT2D eigenvalue weighted by atomic mass is 127. The Morgan fingerprint density at radius 2 is 2.18 bits per heavy atom. The Morgan fingerprint density at radius 3 is 3.00 bits per heavy atom. The average Bonchev–Trinajstić information content (AvgIpc) is 2.47. The number of hydrogen-bond donors (Lipinski definition) is 0. The van der Waals surface area contributed by atoms with E-state index in [0.29, 0.717) is 6.61 Å². The van der Waals surface area contributed by atoms with E-state index in [2.05, 4.69) is 3.21 Å². The van der Waals surface area contributed by atoms with Crippen molar-refractivity contribution < 1.29 is 4.74 Å². The molecule has 2 nitrogen and oxygen atoms in total. The molecule has 1 aromatic rings. The lowest BCUT2D eigenvalue weighted by Crippen LogP contribution is -1.99. The van der Waals surface area contributed by atoms with Crippen molar-refractivity contribution in [3.63, 3.8) is 0 Å². The van der Waals surface area contributed by atoms with Gasteiger partial charge in [0.15, 0.2) is 0 Å². The summed E-state index contributed by atoms with van der Waals surface area (Å²) in [5, 5.41) is 0. The van der Waals surface area contributed by atoms with Crippen molar-refractivity contribution in [1.29, 1.82) is 0 Å². The van der Waals surface area contributed by atoms with Crippen LogP contribution in [0.15, 0.2) is 27.5 Å². The molecule has 3 heteroatoms. The Hall–Kier alpha value is -0.580. The third-order valence-corrected chi connectivity index (χ3v) is 2.25.